The van der Waals surface area contributed by atoms with Crippen LogP contribution in [0.5, 0.6) is 0 Å². The second kappa shape index (κ2) is 6.52. The Balaban J connectivity index is 1.99. The molecule has 2 atom stereocenters. The van der Waals surface area contributed by atoms with E-state index in [1.807, 2.05) is 30.3 Å². The van der Waals surface area contributed by atoms with Gasteiger partial charge in [0.25, 0.3) is 0 Å². The number of hydrogen-bond acceptors (Lipinski definition) is 3. The van der Waals surface area contributed by atoms with E-state index in [1.54, 1.807) is 4.90 Å². The van der Waals surface area contributed by atoms with Crippen molar-refractivity contribution in [3.63, 3.8) is 0 Å². The molecular formula is C15H21N3O2. The summed E-state index contributed by atoms with van der Waals surface area (Å²) >= 11 is 0. The van der Waals surface area contributed by atoms with Crippen molar-refractivity contribution in [3.8, 4) is 0 Å². The highest BCUT2D eigenvalue weighted by Gasteiger charge is 2.28. The molecule has 2 rings (SSSR count). The Labute approximate surface area is 118 Å². The van der Waals surface area contributed by atoms with Gasteiger partial charge in [-0.05, 0) is 24.3 Å². The number of primary amides is 1. The SMILES string of the molecule is NC(=O)C[C@H]1CCCN(C(=O)[C@@H](N)c2ccccc2)C1. The molecule has 1 fully saturated rings. The van der Waals surface area contributed by atoms with Gasteiger partial charge < -0.3 is 16.4 Å². The lowest BCUT2D eigenvalue weighted by Gasteiger charge is -2.34. The van der Waals surface area contributed by atoms with Crippen molar-refractivity contribution in [2.45, 2.75) is 25.3 Å². The zero-order chi connectivity index (χ0) is 14.5. The second-order valence-corrected chi connectivity index (χ2v) is 5.35. The van der Waals surface area contributed by atoms with Crippen molar-refractivity contribution < 1.29 is 9.59 Å². The van der Waals surface area contributed by atoms with E-state index in [0.717, 1.165) is 18.4 Å². The normalized spacial score (nSPS) is 20.4. The zero-order valence-corrected chi connectivity index (χ0v) is 11.5. The molecule has 5 heteroatoms. The minimum absolute atomic E-state index is 0.0784. The third-order valence-corrected chi connectivity index (χ3v) is 3.75. The summed E-state index contributed by atoms with van der Waals surface area (Å²) in [5.41, 5.74) is 12.1. The monoisotopic (exact) mass is 275 g/mol. The number of nitrogens with zero attached hydrogens (tertiary/aromatic N) is 1. The molecular weight excluding hydrogens is 254 g/mol. The van der Waals surface area contributed by atoms with Gasteiger partial charge in [-0.3, -0.25) is 9.59 Å². The van der Waals surface area contributed by atoms with Gasteiger partial charge in [0.05, 0.1) is 0 Å². The van der Waals surface area contributed by atoms with Crippen molar-refractivity contribution in [3.05, 3.63) is 35.9 Å². The molecule has 0 unspecified atom stereocenters. The van der Waals surface area contributed by atoms with Crippen LogP contribution in [0, 0.1) is 5.92 Å². The lowest BCUT2D eigenvalue weighted by Crippen LogP contribution is -2.45. The van der Waals surface area contributed by atoms with Gasteiger partial charge >= 0.3 is 0 Å². The van der Waals surface area contributed by atoms with Crippen LogP contribution >= 0.6 is 0 Å². The zero-order valence-electron chi connectivity index (χ0n) is 11.5. The largest absolute Gasteiger partial charge is 0.370 e. The van der Waals surface area contributed by atoms with Gasteiger partial charge in [0.2, 0.25) is 11.8 Å². The number of amides is 2. The highest BCUT2D eigenvalue weighted by molar-refractivity contribution is 5.83. The third kappa shape index (κ3) is 3.57. The van der Waals surface area contributed by atoms with Crippen LogP contribution in [-0.2, 0) is 9.59 Å². The molecule has 0 bridgehead atoms. The van der Waals surface area contributed by atoms with Gasteiger partial charge in [0.1, 0.15) is 6.04 Å². The Morgan fingerprint density at radius 2 is 2.00 bits per heavy atom. The summed E-state index contributed by atoms with van der Waals surface area (Å²) in [7, 11) is 0. The summed E-state index contributed by atoms with van der Waals surface area (Å²) in [6.45, 7) is 1.27. The molecule has 1 aliphatic rings. The van der Waals surface area contributed by atoms with E-state index in [9.17, 15) is 9.59 Å². The topological polar surface area (TPSA) is 89.4 Å². The molecule has 0 spiro atoms. The minimum Gasteiger partial charge on any atom is -0.370 e. The first-order valence-electron chi connectivity index (χ1n) is 6.95. The van der Waals surface area contributed by atoms with E-state index in [-0.39, 0.29) is 17.7 Å². The van der Waals surface area contributed by atoms with Crippen molar-refractivity contribution >= 4 is 11.8 Å². The molecule has 0 aliphatic carbocycles. The molecule has 1 heterocycles. The molecule has 108 valence electrons. The number of piperidine rings is 1. The second-order valence-electron chi connectivity index (χ2n) is 5.35. The van der Waals surface area contributed by atoms with E-state index in [4.69, 9.17) is 11.5 Å². The molecule has 1 aromatic rings. The van der Waals surface area contributed by atoms with E-state index in [2.05, 4.69) is 0 Å². The van der Waals surface area contributed by atoms with Gasteiger partial charge in [-0.15, -0.1) is 0 Å². The molecule has 1 aliphatic heterocycles. The van der Waals surface area contributed by atoms with Crippen LogP contribution in [0.1, 0.15) is 30.9 Å². The molecule has 0 radical (unpaired) electrons. The average molecular weight is 275 g/mol. The molecule has 1 saturated heterocycles. The van der Waals surface area contributed by atoms with Crippen molar-refractivity contribution in [2.24, 2.45) is 17.4 Å². The highest BCUT2D eigenvalue weighted by atomic mass is 16.2. The molecule has 0 aromatic heterocycles. The lowest BCUT2D eigenvalue weighted by molar-refractivity contribution is -0.135. The maximum atomic E-state index is 12.4. The Kier molecular flexibility index (Phi) is 4.74. The Hall–Kier alpha value is -1.88. The van der Waals surface area contributed by atoms with Gasteiger partial charge in [-0.25, -0.2) is 0 Å². The average Bonchev–Trinajstić information content (AvgIpc) is 2.46. The van der Waals surface area contributed by atoms with Crippen LogP contribution in [-0.4, -0.2) is 29.8 Å². The van der Waals surface area contributed by atoms with Crippen LogP contribution in [0.4, 0.5) is 0 Å². The van der Waals surface area contributed by atoms with E-state index < -0.39 is 6.04 Å². The summed E-state index contributed by atoms with van der Waals surface area (Å²) in [4.78, 5) is 25.2. The Morgan fingerprint density at radius 1 is 1.30 bits per heavy atom. The first-order valence-corrected chi connectivity index (χ1v) is 6.95. The lowest BCUT2D eigenvalue weighted by atomic mass is 9.93. The molecule has 0 saturated carbocycles. The van der Waals surface area contributed by atoms with Crippen LogP contribution in [0.15, 0.2) is 30.3 Å². The Morgan fingerprint density at radius 3 is 2.65 bits per heavy atom. The fourth-order valence-electron chi connectivity index (χ4n) is 2.72. The first kappa shape index (κ1) is 14.5. The van der Waals surface area contributed by atoms with Crippen LogP contribution in [0.25, 0.3) is 0 Å². The fourth-order valence-corrected chi connectivity index (χ4v) is 2.72. The molecule has 2 amide bonds. The van der Waals surface area contributed by atoms with Crippen LogP contribution in [0.3, 0.4) is 0 Å². The minimum atomic E-state index is -0.636. The number of carbonyl (C=O) groups excluding carboxylic acids is 2. The number of rotatable bonds is 4. The Bertz CT molecular complexity index is 475. The maximum Gasteiger partial charge on any atom is 0.244 e. The number of hydrogen-bond donors (Lipinski definition) is 2. The first-order chi connectivity index (χ1) is 9.58. The van der Waals surface area contributed by atoms with Crippen molar-refractivity contribution in [1.82, 2.24) is 4.90 Å². The van der Waals surface area contributed by atoms with Crippen molar-refractivity contribution in [1.29, 1.82) is 0 Å². The summed E-state index contributed by atoms with van der Waals surface area (Å²) in [5.74, 6) is -0.227. The summed E-state index contributed by atoms with van der Waals surface area (Å²) in [5, 5.41) is 0. The number of likely N-dealkylation sites (tertiary alicyclic amines) is 1. The van der Waals surface area contributed by atoms with Gasteiger partial charge in [0, 0.05) is 19.5 Å². The molecule has 1 aromatic carbocycles. The molecule has 5 nitrogen and oxygen atoms in total. The number of nitrogens with two attached hydrogens (primary N) is 2. The number of carbonyl (C=O) groups is 2. The van der Waals surface area contributed by atoms with Crippen LogP contribution < -0.4 is 11.5 Å². The standard InChI is InChI=1S/C15H21N3O2/c16-13(19)9-11-5-4-8-18(10-11)15(20)14(17)12-6-2-1-3-7-12/h1-3,6-7,11,14H,4-5,8-10,17H2,(H2,16,19)/t11-,14+/m1/s1. The summed E-state index contributed by atoms with van der Waals surface area (Å²) in [6.07, 6.45) is 2.17. The van der Waals surface area contributed by atoms with E-state index in [0.29, 0.717) is 19.5 Å². The predicted molar refractivity (Wildman–Crippen MR) is 76.5 cm³/mol. The third-order valence-electron chi connectivity index (χ3n) is 3.75. The fraction of sp³-hybridized carbons (Fsp3) is 0.467. The van der Waals surface area contributed by atoms with E-state index >= 15 is 0 Å². The smallest absolute Gasteiger partial charge is 0.244 e. The van der Waals surface area contributed by atoms with Crippen LogP contribution in [0.2, 0.25) is 0 Å². The van der Waals surface area contributed by atoms with Gasteiger partial charge in [0.15, 0.2) is 0 Å². The van der Waals surface area contributed by atoms with Gasteiger partial charge in [-0.1, -0.05) is 30.3 Å². The predicted octanol–water partition coefficient (Wildman–Crippen LogP) is 0.800. The highest BCUT2D eigenvalue weighted by Crippen LogP contribution is 2.22. The summed E-state index contributed by atoms with van der Waals surface area (Å²) < 4.78 is 0. The molecule has 4 N–H and O–H groups in total. The van der Waals surface area contributed by atoms with Crippen molar-refractivity contribution in [2.75, 3.05) is 13.1 Å². The molecule has 20 heavy (non-hydrogen) atoms. The maximum absolute atomic E-state index is 12.4. The summed E-state index contributed by atoms with van der Waals surface area (Å²) in [6, 6.07) is 8.71. The van der Waals surface area contributed by atoms with Gasteiger partial charge in [-0.2, -0.15) is 0 Å². The number of benzene rings is 1. The quantitative estimate of drug-likeness (QED) is 0.851. The van der Waals surface area contributed by atoms with E-state index in [1.165, 1.54) is 0 Å².